The van der Waals surface area contributed by atoms with Crippen LogP contribution in [0, 0.1) is 0 Å². The highest BCUT2D eigenvalue weighted by Gasteiger charge is 2.51. The lowest BCUT2D eigenvalue weighted by atomic mass is 10.1. The Kier molecular flexibility index (Phi) is 3.63. The van der Waals surface area contributed by atoms with Crippen LogP contribution in [0.15, 0.2) is 40.8 Å². The van der Waals surface area contributed by atoms with Crippen molar-refractivity contribution in [3.05, 3.63) is 35.8 Å². The SMILES string of the molecule is CCOC(=O)C1=CC=C[N+]2(S(=O)(=O)NC)C=C(C)N=C12. The zero-order chi connectivity index (χ0) is 15.0. The molecule has 8 heteroatoms. The lowest BCUT2D eigenvalue weighted by Crippen LogP contribution is -2.53. The van der Waals surface area contributed by atoms with Gasteiger partial charge in [0.25, 0.3) is 5.84 Å². The van der Waals surface area contributed by atoms with Gasteiger partial charge in [0, 0.05) is 7.05 Å². The zero-order valence-electron chi connectivity index (χ0n) is 11.5. The Hall–Kier alpha value is -1.77. The Labute approximate surface area is 117 Å². The Morgan fingerprint density at radius 2 is 2.20 bits per heavy atom. The summed E-state index contributed by atoms with van der Waals surface area (Å²) in [6, 6.07) is 0. The van der Waals surface area contributed by atoms with E-state index in [2.05, 4.69) is 9.71 Å². The van der Waals surface area contributed by atoms with Crippen LogP contribution in [0.25, 0.3) is 0 Å². The number of carbonyl (C=O) groups excluding carboxylic acids is 1. The predicted molar refractivity (Wildman–Crippen MR) is 73.3 cm³/mol. The number of quaternary nitrogens is 1. The summed E-state index contributed by atoms with van der Waals surface area (Å²) in [6.45, 7) is 3.56. The van der Waals surface area contributed by atoms with Crippen molar-refractivity contribution in [3.8, 4) is 0 Å². The normalized spacial score (nSPS) is 24.6. The zero-order valence-corrected chi connectivity index (χ0v) is 12.3. The van der Waals surface area contributed by atoms with Crippen molar-refractivity contribution in [3.63, 3.8) is 0 Å². The van der Waals surface area contributed by atoms with Crippen LogP contribution in [0.3, 0.4) is 0 Å². The number of hydrogen-bond acceptors (Lipinski definition) is 5. The molecule has 0 aromatic rings. The van der Waals surface area contributed by atoms with Crippen LogP contribution in [0.2, 0.25) is 0 Å². The summed E-state index contributed by atoms with van der Waals surface area (Å²) in [5, 5.41) is 0. The highest BCUT2D eigenvalue weighted by atomic mass is 32.2. The third-order valence-electron chi connectivity index (χ3n) is 2.95. The average molecular weight is 298 g/mol. The van der Waals surface area contributed by atoms with E-state index in [4.69, 9.17) is 4.74 Å². The summed E-state index contributed by atoms with van der Waals surface area (Å²) in [4.78, 5) is 16.1. The van der Waals surface area contributed by atoms with Gasteiger partial charge in [0.2, 0.25) is 0 Å². The molecule has 0 saturated carbocycles. The fourth-order valence-electron chi connectivity index (χ4n) is 2.10. The van der Waals surface area contributed by atoms with E-state index in [9.17, 15) is 13.2 Å². The molecule has 0 spiro atoms. The molecule has 0 bridgehead atoms. The molecule has 0 aliphatic carbocycles. The maximum absolute atomic E-state index is 12.3. The molecule has 2 rings (SSSR count). The van der Waals surface area contributed by atoms with E-state index in [0.29, 0.717) is 5.70 Å². The Bertz CT molecular complexity index is 673. The van der Waals surface area contributed by atoms with Gasteiger partial charge >= 0.3 is 16.2 Å². The molecule has 0 aromatic carbocycles. The van der Waals surface area contributed by atoms with Crippen molar-refractivity contribution in [2.75, 3.05) is 13.7 Å². The number of amidine groups is 1. The first kappa shape index (κ1) is 14.6. The van der Waals surface area contributed by atoms with Crippen molar-refractivity contribution in [2.24, 2.45) is 4.99 Å². The minimum Gasteiger partial charge on any atom is -0.462 e. The first-order chi connectivity index (χ1) is 9.38. The second-order valence-electron chi connectivity index (χ2n) is 4.24. The lowest BCUT2D eigenvalue weighted by molar-refractivity contribution is -0.582. The first-order valence-electron chi connectivity index (χ1n) is 6.06. The van der Waals surface area contributed by atoms with Crippen LogP contribution >= 0.6 is 0 Å². The number of nitrogens with zero attached hydrogens (tertiary/aromatic N) is 2. The molecule has 0 saturated heterocycles. The van der Waals surface area contributed by atoms with E-state index in [1.807, 2.05) is 0 Å². The maximum Gasteiger partial charge on any atom is 0.384 e. The fourth-order valence-corrected chi connectivity index (χ4v) is 3.29. The number of nitrogens with one attached hydrogen (secondary N) is 1. The molecule has 0 radical (unpaired) electrons. The molecule has 108 valence electrons. The van der Waals surface area contributed by atoms with Crippen molar-refractivity contribution in [2.45, 2.75) is 13.8 Å². The summed E-state index contributed by atoms with van der Waals surface area (Å²) < 4.78 is 31.2. The number of aliphatic imine (C=N–C) groups is 1. The van der Waals surface area contributed by atoms with Gasteiger partial charge in [0.05, 0.1) is 12.3 Å². The van der Waals surface area contributed by atoms with Gasteiger partial charge in [-0.25, -0.2) is 4.79 Å². The highest BCUT2D eigenvalue weighted by molar-refractivity contribution is 7.84. The van der Waals surface area contributed by atoms with Crippen LogP contribution < -0.4 is 4.72 Å². The lowest BCUT2D eigenvalue weighted by Gasteiger charge is -2.28. The van der Waals surface area contributed by atoms with Crippen LogP contribution in [0.1, 0.15) is 13.8 Å². The fraction of sp³-hybridized carbons (Fsp3) is 0.333. The number of fused-ring (bicyclic) bond motifs is 1. The van der Waals surface area contributed by atoms with Crippen molar-refractivity contribution in [1.82, 2.24) is 4.72 Å². The van der Waals surface area contributed by atoms with Gasteiger partial charge in [-0.1, -0.05) is 0 Å². The number of allylic oxidation sites excluding steroid dienone is 3. The van der Waals surface area contributed by atoms with E-state index in [1.54, 1.807) is 13.8 Å². The first-order valence-corrected chi connectivity index (χ1v) is 7.50. The van der Waals surface area contributed by atoms with Gasteiger partial charge in [-0.3, -0.25) is 0 Å². The topological polar surface area (TPSA) is 84.8 Å². The molecule has 0 aromatic heterocycles. The minimum absolute atomic E-state index is 0.123. The molecular weight excluding hydrogens is 282 g/mol. The molecule has 20 heavy (non-hydrogen) atoms. The monoisotopic (exact) mass is 298 g/mol. The Morgan fingerprint density at radius 1 is 1.50 bits per heavy atom. The summed E-state index contributed by atoms with van der Waals surface area (Å²) in [5.74, 6) is -0.467. The quantitative estimate of drug-likeness (QED) is 0.607. The van der Waals surface area contributed by atoms with E-state index in [1.165, 1.54) is 31.6 Å². The van der Waals surface area contributed by atoms with Crippen LogP contribution in [0.5, 0.6) is 0 Å². The number of rotatable bonds is 4. The van der Waals surface area contributed by atoms with Gasteiger partial charge in [-0.2, -0.15) is 18.1 Å². The van der Waals surface area contributed by atoms with Crippen LogP contribution in [0.4, 0.5) is 0 Å². The van der Waals surface area contributed by atoms with Gasteiger partial charge in [0.15, 0.2) is 0 Å². The molecule has 2 aliphatic rings. The Morgan fingerprint density at radius 3 is 2.80 bits per heavy atom. The largest absolute Gasteiger partial charge is 0.462 e. The second-order valence-corrected chi connectivity index (χ2v) is 6.20. The van der Waals surface area contributed by atoms with Gasteiger partial charge < -0.3 is 4.74 Å². The molecule has 1 unspecified atom stereocenters. The van der Waals surface area contributed by atoms with E-state index in [0.717, 1.165) is 0 Å². The summed E-state index contributed by atoms with van der Waals surface area (Å²) in [5.41, 5.74) is 0.654. The molecule has 2 heterocycles. The molecule has 1 N–H and O–H groups in total. The number of hydrogen-bond donors (Lipinski definition) is 1. The average Bonchev–Trinajstić information content (AvgIpc) is 2.76. The van der Waals surface area contributed by atoms with Crippen molar-refractivity contribution >= 4 is 22.0 Å². The van der Waals surface area contributed by atoms with Crippen LogP contribution in [-0.2, 0) is 19.7 Å². The van der Waals surface area contributed by atoms with E-state index >= 15 is 0 Å². The predicted octanol–water partition coefficient (Wildman–Crippen LogP) is 0.558. The third-order valence-corrected chi connectivity index (χ3v) is 4.67. The minimum atomic E-state index is -3.79. The second kappa shape index (κ2) is 4.97. The number of ether oxygens (including phenoxy) is 1. The molecular formula is C12H16N3O4S+. The smallest absolute Gasteiger partial charge is 0.384 e. The number of esters is 1. The van der Waals surface area contributed by atoms with E-state index < -0.39 is 20.1 Å². The standard InChI is InChI=1S/C12H16N3O4S/c1-4-19-12(16)10-6-5-7-15(20(17,18)13-3)8-9(2)14-11(10)15/h5-8,13H,4H2,1-3H3/q+1. The van der Waals surface area contributed by atoms with Gasteiger partial charge in [0.1, 0.15) is 18.0 Å². The van der Waals surface area contributed by atoms with Crippen LogP contribution in [-0.4, -0.2) is 37.8 Å². The van der Waals surface area contributed by atoms with Gasteiger partial charge in [-0.05, 0) is 26.0 Å². The van der Waals surface area contributed by atoms with Crippen molar-refractivity contribution < 1.29 is 21.8 Å². The van der Waals surface area contributed by atoms with E-state index in [-0.39, 0.29) is 18.0 Å². The summed E-state index contributed by atoms with van der Waals surface area (Å²) in [7, 11) is -2.47. The molecule has 2 aliphatic heterocycles. The van der Waals surface area contributed by atoms with Crippen molar-refractivity contribution in [1.29, 1.82) is 0 Å². The molecule has 7 nitrogen and oxygen atoms in total. The maximum atomic E-state index is 12.3. The molecule has 0 amide bonds. The molecule has 1 atom stereocenters. The highest BCUT2D eigenvalue weighted by Crippen LogP contribution is 2.33. The summed E-state index contributed by atoms with van der Waals surface area (Å²) in [6.07, 6.45) is 5.92. The van der Waals surface area contributed by atoms with Gasteiger partial charge in [-0.15, -0.1) is 3.89 Å². The summed E-state index contributed by atoms with van der Waals surface area (Å²) >= 11 is 0. The molecule has 0 fully saturated rings. The number of carbonyl (C=O) groups is 1. The third kappa shape index (κ3) is 2.01. The Balaban J connectivity index is 2.57.